The summed E-state index contributed by atoms with van der Waals surface area (Å²) in [6.45, 7) is 13.6. The van der Waals surface area contributed by atoms with E-state index in [1.807, 2.05) is 0 Å². The monoisotopic (exact) mass is 227 g/mol. The molecule has 1 saturated heterocycles. The van der Waals surface area contributed by atoms with E-state index in [-0.39, 0.29) is 11.5 Å². The standard InChI is InChI=1S/C13H29N3/c1-6-12-9-16(8-7-15(12)5)10-13(3,4)11(2)14/h11-12H,6-10,14H2,1-5H3. The van der Waals surface area contributed by atoms with Crippen molar-refractivity contribution in [2.45, 2.75) is 46.2 Å². The molecule has 1 fully saturated rings. The van der Waals surface area contributed by atoms with E-state index in [2.05, 4.69) is 44.5 Å². The van der Waals surface area contributed by atoms with Crippen LogP contribution in [-0.2, 0) is 0 Å². The first-order valence-electron chi connectivity index (χ1n) is 6.55. The van der Waals surface area contributed by atoms with Gasteiger partial charge in [-0.3, -0.25) is 4.90 Å². The Labute approximate surface area is 101 Å². The molecule has 16 heavy (non-hydrogen) atoms. The van der Waals surface area contributed by atoms with Crippen molar-refractivity contribution in [1.29, 1.82) is 0 Å². The lowest BCUT2D eigenvalue weighted by atomic mass is 9.85. The molecule has 3 nitrogen and oxygen atoms in total. The highest BCUT2D eigenvalue weighted by atomic mass is 15.3. The predicted molar refractivity (Wildman–Crippen MR) is 70.6 cm³/mol. The molecular formula is C13H29N3. The molecule has 1 heterocycles. The molecule has 0 aromatic rings. The van der Waals surface area contributed by atoms with Crippen LogP contribution in [-0.4, -0.2) is 55.1 Å². The van der Waals surface area contributed by atoms with Gasteiger partial charge in [0.1, 0.15) is 0 Å². The van der Waals surface area contributed by atoms with Gasteiger partial charge in [0.05, 0.1) is 0 Å². The van der Waals surface area contributed by atoms with Gasteiger partial charge >= 0.3 is 0 Å². The Kier molecular flexibility index (Phi) is 4.77. The lowest BCUT2D eigenvalue weighted by Crippen LogP contribution is -2.54. The first-order chi connectivity index (χ1) is 7.36. The molecule has 0 amide bonds. The number of nitrogens with zero attached hydrogens (tertiary/aromatic N) is 2. The third-order valence-electron chi connectivity index (χ3n) is 4.20. The maximum Gasteiger partial charge on any atom is 0.0218 e. The molecular weight excluding hydrogens is 198 g/mol. The molecule has 1 aliphatic heterocycles. The van der Waals surface area contributed by atoms with Crippen molar-refractivity contribution in [2.24, 2.45) is 11.1 Å². The van der Waals surface area contributed by atoms with E-state index in [1.165, 1.54) is 26.1 Å². The van der Waals surface area contributed by atoms with Crippen LogP contribution in [0.15, 0.2) is 0 Å². The van der Waals surface area contributed by atoms with E-state index < -0.39 is 0 Å². The van der Waals surface area contributed by atoms with Crippen molar-refractivity contribution in [3.05, 3.63) is 0 Å². The lowest BCUT2D eigenvalue weighted by molar-refractivity contribution is 0.0603. The minimum absolute atomic E-state index is 0.216. The van der Waals surface area contributed by atoms with Crippen molar-refractivity contribution < 1.29 is 0 Å². The molecule has 0 bridgehead atoms. The van der Waals surface area contributed by atoms with Crippen LogP contribution in [0.2, 0.25) is 0 Å². The molecule has 2 unspecified atom stereocenters. The molecule has 0 aromatic heterocycles. The number of likely N-dealkylation sites (N-methyl/N-ethyl adjacent to an activating group) is 1. The minimum atomic E-state index is 0.216. The fraction of sp³-hybridized carbons (Fsp3) is 1.00. The zero-order chi connectivity index (χ0) is 12.3. The first kappa shape index (κ1) is 13.9. The maximum atomic E-state index is 6.04. The number of rotatable bonds is 4. The lowest BCUT2D eigenvalue weighted by Gasteiger charge is -2.43. The second-order valence-corrected chi connectivity index (χ2v) is 6.06. The summed E-state index contributed by atoms with van der Waals surface area (Å²) < 4.78 is 0. The van der Waals surface area contributed by atoms with Crippen LogP contribution in [0, 0.1) is 5.41 Å². The second-order valence-electron chi connectivity index (χ2n) is 6.06. The Morgan fingerprint density at radius 1 is 1.38 bits per heavy atom. The summed E-state index contributed by atoms with van der Waals surface area (Å²) in [4.78, 5) is 5.06. The summed E-state index contributed by atoms with van der Waals surface area (Å²) in [6, 6.07) is 0.977. The van der Waals surface area contributed by atoms with Crippen LogP contribution in [0.3, 0.4) is 0 Å². The maximum absolute atomic E-state index is 6.04. The van der Waals surface area contributed by atoms with Crippen LogP contribution in [0.5, 0.6) is 0 Å². The van der Waals surface area contributed by atoms with E-state index in [0.29, 0.717) is 0 Å². The van der Waals surface area contributed by atoms with Gasteiger partial charge in [0, 0.05) is 38.3 Å². The summed E-state index contributed by atoms with van der Waals surface area (Å²) in [5, 5.41) is 0. The molecule has 1 aliphatic rings. The summed E-state index contributed by atoms with van der Waals surface area (Å²) in [6.07, 6.45) is 1.24. The zero-order valence-corrected chi connectivity index (χ0v) is 11.7. The van der Waals surface area contributed by atoms with Crippen LogP contribution in [0.1, 0.15) is 34.1 Å². The molecule has 0 spiro atoms. The first-order valence-corrected chi connectivity index (χ1v) is 6.55. The molecule has 2 N–H and O–H groups in total. The van der Waals surface area contributed by atoms with Crippen molar-refractivity contribution in [3.63, 3.8) is 0 Å². The normalized spacial score (nSPS) is 27.0. The largest absolute Gasteiger partial charge is 0.327 e. The Balaban J connectivity index is 2.50. The fourth-order valence-electron chi connectivity index (χ4n) is 2.32. The summed E-state index contributed by atoms with van der Waals surface area (Å²) in [5.41, 5.74) is 6.26. The predicted octanol–water partition coefficient (Wildman–Crippen LogP) is 1.39. The van der Waals surface area contributed by atoms with Crippen LogP contribution in [0.4, 0.5) is 0 Å². The van der Waals surface area contributed by atoms with Crippen molar-refractivity contribution in [2.75, 3.05) is 33.2 Å². The molecule has 0 radical (unpaired) electrons. The van der Waals surface area contributed by atoms with Gasteiger partial charge in [0.15, 0.2) is 0 Å². The van der Waals surface area contributed by atoms with E-state index in [1.54, 1.807) is 0 Å². The Morgan fingerprint density at radius 3 is 2.50 bits per heavy atom. The molecule has 1 rings (SSSR count). The topological polar surface area (TPSA) is 32.5 Å². The highest BCUT2D eigenvalue weighted by Gasteiger charge is 2.29. The Hall–Kier alpha value is -0.120. The third kappa shape index (κ3) is 3.44. The van der Waals surface area contributed by atoms with Gasteiger partial charge in [-0.25, -0.2) is 0 Å². The second kappa shape index (κ2) is 5.48. The number of hydrogen-bond acceptors (Lipinski definition) is 3. The van der Waals surface area contributed by atoms with Crippen molar-refractivity contribution in [1.82, 2.24) is 9.80 Å². The average Bonchev–Trinajstić information content (AvgIpc) is 2.20. The van der Waals surface area contributed by atoms with Gasteiger partial charge in [-0.2, -0.15) is 0 Å². The third-order valence-corrected chi connectivity index (χ3v) is 4.20. The molecule has 96 valence electrons. The van der Waals surface area contributed by atoms with Crippen LogP contribution in [0.25, 0.3) is 0 Å². The molecule has 0 aliphatic carbocycles. The zero-order valence-electron chi connectivity index (χ0n) is 11.7. The van der Waals surface area contributed by atoms with Crippen molar-refractivity contribution in [3.8, 4) is 0 Å². The number of nitrogens with two attached hydrogens (primary N) is 1. The van der Waals surface area contributed by atoms with E-state index >= 15 is 0 Å². The van der Waals surface area contributed by atoms with Crippen LogP contribution < -0.4 is 5.73 Å². The molecule has 3 heteroatoms. The smallest absolute Gasteiger partial charge is 0.0218 e. The highest BCUT2D eigenvalue weighted by molar-refractivity contribution is 4.86. The van der Waals surface area contributed by atoms with Gasteiger partial charge in [-0.15, -0.1) is 0 Å². The van der Waals surface area contributed by atoms with Crippen LogP contribution >= 0.6 is 0 Å². The number of piperazine rings is 1. The fourth-order valence-corrected chi connectivity index (χ4v) is 2.32. The number of hydrogen-bond donors (Lipinski definition) is 1. The van der Waals surface area contributed by atoms with E-state index in [9.17, 15) is 0 Å². The minimum Gasteiger partial charge on any atom is -0.327 e. The van der Waals surface area contributed by atoms with E-state index in [4.69, 9.17) is 5.73 Å². The SMILES string of the molecule is CCC1CN(CC(C)(C)C(C)N)CCN1C. The van der Waals surface area contributed by atoms with Gasteiger partial charge in [0.2, 0.25) is 0 Å². The quantitative estimate of drug-likeness (QED) is 0.788. The van der Waals surface area contributed by atoms with Crippen molar-refractivity contribution >= 4 is 0 Å². The molecule has 0 saturated carbocycles. The van der Waals surface area contributed by atoms with Gasteiger partial charge in [-0.05, 0) is 25.8 Å². The van der Waals surface area contributed by atoms with Gasteiger partial charge in [-0.1, -0.05) is 20.8 Å². The summed E-state index contributed by atoms with van der Waals surface area (Å²) in [5.74, 6) is 0. The molecule has 2 atom stereocenters. The summed E-state index contributed by atoms with van der Waals surface area (Å²) in [7, 11) is 2.24. The van der Waals surface area contributed by atoms with E-state index in [0.717, 1.165) is 12.6 Å². The van der Waals surface area contributed by atoms with Gasteiger partial charge in [0.25, 0.3) is 0 Å². The highest BCUT2D eigenvalue weighted by Crippen LogP contribution is 2.22. The average molecular weight is 227 g/mol. The molecule has 0 aromatic carbocycles. The summed E-state index contributed by atoms with van der Waals surface area (Å²) >= 11 is 0. The Morgan fingerprint density at radius 2 is 2.00 bits per heavy atom. The Bertz CT molecular complexity index is 213. The van der Waals surface area contributed by atoms with Gasteiger partial charge < -0.3 is 10.6 Å².